The number of likely N-dealkylation sites (N-methyl/N-ethyl adjacent to an activating group) is 1. The maximum atomic E-state index is 12.3. The largest absolute Gasteiger partial charge is 0.507 e. The second-order valence-electron chi connectivity index (χ2n) is 4.58. The molecular weight excluding hydrogens is 250 g/mol. The third-order valence-electron chi connectivity index (χ3n) is 2.99. The molecule has 0 unspecified atom stereocenters. The van der Waals surface area contributed by atoms with Crippen LogP contribution in [-0.2, 0) is 4.79 Å². The summed E-state index contributed by atoms with van der Waals surface area (Å²) in [7, 11) is 0. The first kappa shape index (κ1) is 14.8. The molecule has 6 heteroatoms. The molecule has 0 aliphatic rings. The molecule has 0 radical (unpaired) electrons. The highest BCUT2D eigenvalue weighted by Crippen LogP contribution is 2.30. The zero-order valence-electron chi connectivity index (χ0n) is 11.0. The first-order chi connectivity index (χ1) is 8.73. The van der Waals surface area contributed by atoms with Gasteiger partial charge in [-0.2, -0.15) is 0 Å². The van der Waals surface area contributed by atoms with Crippen molar-refractivity contribution in [2.75, 3.05) is 6.54 Å². The zero-order valence-corrected chi connectivity index (χ0v) is 11.0. The Hall–Kier alpha value is -2.24. The number of benzene rings is 1. The molecule has 1 aromatic carbocycles. The number of nitrogens with zero attached hydrogens (tertiary/aromatic N) is 1. The van der Waals surface area contributed by atoms with Crippen molar-refractivity contribution in [3.8, 4) is 11.5 Å². The summed E-state index contributed by atoms with van der Waals surface area (Å²) in [5, 5.41) is 28.5. The number of carbonyl (C=O) groups is 2. The summed E-state index contributed by atoms with van der Waals surface area (Å²) in [5.41, 5.74) is -1.74. The van der Waals surface area contributed by atoms with Crippen LogP contribution in [0.15, 0.2) is 18.2 Å². The minimum absolute atomic E-state index is 0.131. The molecule has 0 aliphatic carbocycles. The van der Waals surface area contributed by atoms with Crippen LogP contribution in [0.3, 0.4) is 0 Å². The van der Waals surface area contributed by atoms with Gasteiger partial charge in [0.2, 0.25) is 0 Å². The lowest BCUT2D eigenvalue weighted by Gasteiger charge is -2.34. The molecule has 0 spiro atoms. The number of aliphatic carboxylic acids is 1. The van der Waals surface area contributed by atoms with Gasteiger partial charge in [0.1, 0.15) is 22.6 Å². The predicted molar refractivity (Wildman–Crippen MR) is 68.2 cm³/mol. The van der Waals surface area contributed by atoms with Crippen LogP contribution in [0.4, 0.5) is 0 Å². The minimum atomic E-state index is -1.44. The molecule has 0 saturated heterocycles. The van der Waals surface area contributed by atoms with E-state index in [2.05, 4.69) is 0 Å². The average molecular weight is 267 g/mol. The van der Waals surface area contributed by atoms with Gasteiger partial charge in [-0.3, -0.25) is 4.79 Å². The van der Waals surface area contributed by atoms with Gasteiger partial charge in [-0.05, 0) is 32.9 Å². The topological polar surface area (TPSA) is 98.1 Å². The van der Waals surface area contributed by atoms with Gasteiger partial charge in [-0.15, -0.1) is 0 Å². The molecule has 0 aromatic heterocycles. The monoisotopic (exact) mass is 267 g/mol. The Morgan fingerprint density at radius 3 is 2.05 bits per heavy atom. The number of aromatic hydroxyl groups is 2. The van der Waals surface area contributed by atoms with E-state index >= 15 is 0 Å². The van der Waals surface area contributed by atoms with E-state index in [-0.39, 0.29) is 23.6 Å². The van der Waals surface area contributed by atoms with E-state index in [1.54, 1.807) is 6.92 Å². The molecule has 1 rings (SSSR count). The van der Waals surface area contributed by atoms with Gasteiger partial charge in [0.05, 0.1) is 0 Å². The molecule has 0 fully saturated rings. The van der Waals surface area contributed by atoms with Crippen molar-refractivity contribution < 1.29 is 24.9 Å². The summed E-state index contributed by atoms with van der Waals surface area (Å²) in [6.45, 7) is 4.52. The number of carbonyl (C=O) groups excluding carboxylic acids is 1. The molecule has 6 nitrogen and oxygen atoms in total. The Kier molecular flexibility index (Phi) is 4.04. The fraction of sp³-hybridized carbons (Fsp3) is 0.385. The van der Waals surface area contributed by atoms with Crippen LogP contribution in [0.25, 0.3) is 0 Å². The van der Waals surface area contributed by atoms with E-state index in [4.69, 9.17) is 5.11 Å². The van der Waals surface area contributed by atoms with E-state index in [1.165, 1.54) is 32.0 Å². The lowest BCUT2D eigenvalue weighted by Crippen LogP contribution is -2.52. The van der Waals surface area contributed by atoms with Crippen molar-refractivity contribution in [3.63, 3.8) is 0 Å². The van der Waals surface area contributed by atoms with Gasteiger partial charge in [0, 0.05) is 6.54 Å². The Bertz CT molecular complexity index is 490. The van der Waals surface area contributed by atoms with Gasteiger partial charge >= 0.3 is 5.97 Å². The molecule has 0 saturated carbocycles. The Balaban J connectivity index is 3.28. The maximum absolute atomic E-state index is 12.3. The summed E-state index contributed by atoms with van der Waals surface area (Å²) in [4.78, 5) is 24.6. The highest BCUT2D eigenvalue weighted by atomic mass is 16.4. The Morgan fingerprint density at radius 2 is 1.68 bits per heavy atom. The number of rotatable bonds is 4. The quantitative estimate of drug-likeness (QED) is 0.766. The van der Waals surface area contributed by atoms with Gasteiger partial charge in [0.25, 0.3) is 5.91 Å². The molecule has 0 bridgehead atoms. The first-order valence-electron chi connectivity index (χ1n) is 5.79. The van der Waals surface area contributed by atoms with Crippen molar-refractivity contribution >= 4 is 11.9 Å². The van der Waals surface area contributed by atoms with E-state index in [0.717, 1.165) is 4.90 Å². The summed E-state index contributed by atoms with van der Waals surface area (Å²) in [5.74, 6) is -2.67. The molecule has 1 amide bonds. The van der Waals surface area contributed by atoms with E-state index in [1.807, 2.05) is 0 Å². The van der Waals surface area contributed by atoms with Crippen molar-refractivity contribution in [2.45, 2.75) is 26.3 Å². The number of phenols is 2. The molecule has 3 N–H and O–H groups in total. The third-order valence-corrected chi connectivity index (χ3v) is 2.99. The summed E-state index contributed by atoms with van der Waals surface area (Å²) >= 11 is 0. The van der Waals surface area contributed by atoms with Gasteiger partial charge < -0.3 is 20.2 Å². The predicted octanol–water partition coefficient (Wildman–Crippen LogP) is 1.42. The zero-order chi connectivity index (χ0) is 14.8. The van der Waals surface area contributed by atoms with Crippen molar-refractivity contribution in [1.82, 2.24) is 4.90 Å². The van der Waals surface area contributed by atoms with Gasteiger partial charge in [-0.25, -0.2) is 4.79 Å². The fourth-order valence-electron chi connectivity index (χ4n) is 1.79. The number of amides is 1. The van der Waals surface area contributed by atoms with Crippen LogP contribution in [0.2, 0.25) is 0 Å². The van der Waals surface area contributed by atoms with Crippen LogP contribution >= 0.6 is 0 Å². The van der Waals surface area contributed by atoms with Crippen LogP contribution in [-0.4, -0.2) is 44.2 Å². The second kappa shape index (κ2) is 5.17. The normalized spacial score (nSPS) is 11.1. The smallest absolute Gasteiger partial charge is 0.329 e. The molecule has 0 aliphatic heterocycles. The summed E-state index contributed by atoms with van der Waals surface area (Å²) < 4.78 is 0. The number of phenolic OH excluding ortho intramolecular Hbond substituents is 2. The minimum Gasteiger partial charge on any atom is -0.507 e. The van der Waals surface area contributed by atoms with Crippen LogP contribution < -0.4 is 0 Å². The lowest BCUT2D eigenvalue weighted by atomic mass is 10.0. The number of hydrogen-bond donors (Lipinski definition) is 3. The number of carboxylic acids is 1. The number of carboxylic acid groups (broad SMARTS) is 1. The van der Waals surface area contributed by atoms with Crippen LogP contribution in [0.1, 0.15) is 31.1 Å². The van der Waals surface area contributed by atoms with Crippen molar-refractivity contribution in [2.24, 2.45) is 0 Å². The highest BCUT2D eigenvalue weighted by Gasteiger charge is 2.38. The van der Waals surface area contributed by atoms with E-state index < -0.39 is 17.4 Å². The molecular formula is C13H17NO5. The van der Waals surface area contributed by atoms with E-state index in [0.29, 0.717) is 0 Å². The average Bonchev–Trinajstić information content (AvgIpc) is 2.28. The number of hydrogen-bond acceptors (Lipinski definition) is 4. The Morgan fingerprint density at radius 1 is 1.21 bits per heavy atom. The fourth-order valence-corrected chi connectivity index (χ4v) is 1.79. The maximum Gasteiger partial charge on any atom is 0.329 e. The van der Waals surface area contributed by atoms with Crippen LogP contribution in [0.5, 0.6) is 11.5 Å². The third kappa shape index (κ3) is 2.62. The van der Waals surface area contributed by atoms with Gasteiger partial charge in [0.15, 0.2) is 0 Å². The SMILES string of the molecule is CCN(C(=O)c1c(O)cccc1O)C(C)(C)C(=O)O. The van der Waals surface area contributed by atoms with Crippen molar-refractivity contribution in [1.29, 1.82) is 0 Å². The molecule has 19 heavy (non-hydrogen) atoms. The van der Waals surface area contributed by atoms with Gasteiger partial charge in [-0.1, -0.05) is 6.07 Å². The summed E-state index contributed by atoms with van der Waals surface area (Å²) in [6, 6.07) is 3.91. The first-order valence-corrected chi connectivity index (χ1v) is 5.79. The lowest BCUT2D eigenvalue weighted by molar-refractivity contribution is -0.147. The Labute approximate surface area is 110 Å². The molecule has 104 valence electrons. The van der Waals surface area contributed by atoms with E-state index in [9.17, 15) is 19.8 Å². The van der Waals surface area contributed by atoms with Crippen molar-refractivity contribution in [3.05, 3.63) is 23.8 Å². The standard InChI is InChI=1S/C13H17NO5/c1-4-14(13(2,3)12(18)19)11(17)10-8(15)6-5-7-9(10)16/h5-7,15-16H,4H2,1-3H3,(H,18,19). The molecule has 0 heterocycles. The molecule has 1 aromatic rings. The summed E-state index contributed by atoms with van der Waals surface area (Å²) in [6.07, 6.45) is 0. The second-order valence-corrected chi connectivity index (χ2v) is 4.58. The van der Waals surface area contributed by atoms with Crippen LogP contribution in [0, 0.1) is 0 Å². The highest BCUT2D eigenvalue weighted by molar-refractivity contribution is 6.01. The molecule has 0 atom stereocenters.